The molecule has 1 aromatic heterocycles. The normalized spacial score (nSPS) is 19.8. The molecule has 1 atom stereocenters. The summed E-state index contributed by atoms with van der Waals surface area (Å²) in [5.41, 5.74) is 2.20. The van der Waals surface area contributed by atoms with E-state index in [0.717, 1.165) is 47.0 Å². The van der Waals surface area contributed by atoms with Gasteiger partial charge in [-0.1, -0.05) is 35.0 Å². The summed E-state index contributed by atoms with van der Waals surface area (Å²) >= 11 is 5.16. The molecular formula is C16H19BrN2OS. The van der Waals surface area contributed by atoms with Gasteiger partial charge >= 0.3 is 0 Å². The van der Waals surface area contributed by atoms with E-state index in [9.17, 15) is 0 Å². The summed E-state index contributed by atoms with van der Waals surface area (Å²) in [6.45, 7) is 6.17. The smallest absolute Gasteiger partial charge is 0.124 e. The third-order valence-corrected chi connectivity index (χ3v) is 5.09. The zero-order valence-corrected chi connectivity index (χ0v) is 14.5. The predicted molar refractivity (Wildman–Crippen MR) is 90.7 cm³/mol. The van der Waals surface area contributed by atoms with Crippen LogP contribution in [0.5, 0.6) is 0 Å². The van der Waals surface area contributed by atoms with E-state index in [4.69, 9.17) is 9.72 Å². The average Bonchev–Trinajstić information content (AvgIpc) is 2.98. The van der Waals surface area contributed by atoms with Crippen molar-refractivity contribution in [1.82, 2.24) is 9.88 Å². The molecule has 5 heteroatoms. The van der Waals surface area contributed by atoms with E-state index >= 15 is 0 Å². The molecule has 2 heterocycles. The molecule has 0 bridgehead atoms. The molecule has 0 N–H and O–H groups in total. The zero-order valence-electron chi connectivity index (χ0n) is 12.1. The molecule has 0 aliphatic carbocycles. The van der Waals surface area contributed by atoms with Crippen LogP contribution in [0.1, 0.15) is 24.5 Å². The highest BCUT2D eigenvalue weighted by molar-refractivity contribution is 9.10. The van der Waals surface area contributed by atoms with Crippen molar-refractivity contribution in [2.24, 2.45) is 0 Å². The van der Waals surface area contributed by atoms with Crippen molar-refractivity contribution in [2.45, 2.75) is 19.4 Å². The second-order valence-corrected chi connectivity index (χ2v) is 7.04. The van der Waals surface area contributed by atoms with Gasteiger partial charge in [0.1, 0.15) is 11.1 Å². The van der Waals surface area contributed by atoms with Gasteiger partial charge in [0, 0.05) is 28.5 Å². The number of rotatable bonds is 4. The van der Waals surface area contributed by atoms with Gasteiger partial charge < -0.3 is 4.74 Å². The molecule has 112 valence electrons. The summed E-state index contributed by atoms with van der Waals surface area (Å²) in [7, 11) is 0. The van der Waals surface area contributed by atoms with Gasteiger partial charge in [-0.3, -0.25) is 4.90 Å². The fraction of sp³-hybridized carbons (Fsp3) is 0.438. The summed E-state index contributed by atoms with van der Waals surface area (Å²) in [6, 6.07) is 8.28. The molecule has 1 saturated heterocycles. The van der Waals surface area contributed by atoms with Gasteiger partial charge in [-0.25, -0.2) is 4.98 Å². The molecule has 21 heavy (non-hydrogen) atoms. The number of aromatic nitrogens is 1. The maximum absolute atomic E-state index is 5.91. The number of halogens is 1. The largest absolute Gasteiger partial charge is 0.368 e. The van der Waals surface area contributed by atoms with Gasteiger partial charge in [0.2, 0.25) is 0 Å². The minimum absolute atomic E-state index is 0.125. The van der Waals surface area contributed by atoms with E-state index in [1.54, 1.807) is 11.3 Å². The molecule has 1 aromatic carbocycles. The van der Waals surface area contributed by atoms with Crippen molar-refractivity contribution in [3.8, 4) is 11.3 Å². The Labute approximate surface area is 138 Å². The summed E-state index contributed by atoms with van der Waals surface area (Å²) in [5, 5.41) is 3.22. The topological polar surface area (TPSA) is 25.4 Å². The number of hydrogen-bond donors (Lipinski definition) is 0. The Morgan fingerprint density at radius 3 is 2.95 bits per heavy atom. The molecule has 2 aromatic rings. The minimum atomic E-state index is 0.125. The van der Waals surface area contributed by atoms with E-state index in [1.807, 2.05) is 0 Å². The van der Waals surface area contributed by atoms with Gasteiger partial charge in [-0.15, -0.1) is 11.3 Å². The Morgan fingerprint density at radius 1 is 1.38 bits per heavy atom. The monoisotopic (exact) mass is 366 g/mol. The number of hydrogen-bond acceptors (Lipinski definition) is 4. The van der Waals surface area contributed by atoms with Gasteiger partial charge in [0.05, 0.1) is 12.3 Å². The molecule has 0 saturated carbocycles. The van der Waals surface area contributed by atoms with E-state index in [1.165, 1.54) is 6.42 Å². The minimum Gasteiger partial charge on any atom is -0.368 e. The standard InChI is InChI=1S/C16H19BrN2OS/c1-2-7-19-8-9-20-15(10-19)16-18-14(11-21-16)12-3-5-13(17)6-4-12/h3-6,11,15H,2,7-10H2,1H3. The summed E-state index contributed by atoms with van der Waals surface area (Å²) in [6.07, 6.45) is 1.31. The SMILES string of the molecule is CCCN1CCOC(c2nc(-c3ccc(Br)cc3)cs2)C1. The molecule has 1 aliphatic rings. The number of benzene rings is 1. The summed E-state index contributed by atoms with van der Waals surface area (Å²) < 4.78 is 7.00. The van der Waals surface area contributed by atoms with Crippen LogP contribution >= 0.6 is 27.3 Å². The third kappa shape index (κ3) is 3.72. The predicted octanol–water partition coefficient (Wildman–Crippen LogP) is 4.36. The highest BCUT2D eigenvalue weighted by Gasteiger charge is 2.24. The average molecular weight is 367 g/mol. The second kappa shape index (κ2) is 7.01. The molecule has 3 rings (SSSR count). The van der Waals surface area contributed by atoms with Crippen LogP contribution in [0.25, 0.3) is 11.3 Å². The zero-order chi connectivity index (χ0) is 14.7. The number of nitrogens with zero attached hydrogens (tertiary/aromatic N) is 2. The maximum atomic E-state index is 5.91. The fourth-order valence-electron chi connectivity index (χ4n) is 2.56. The van der Waals surface area contributed by atoms with Crippen LogP contribution in [0.2, 0.25) is 0 Å². The molecule has 1 unspecified atom stereocenters. The second-order valence-electron chi connectivity index (χ2n) is 5.24. The first-order valence-corrected chi connectivity index (χ1v) is 8.99. The van der Waals surface area contributed by atoms with Crippen molar-refractivity contribution in [3.05, 3.63) is 39.1 Å². The van der Waals surface area contributed by atoms with Crippen LogP contribution in [-0.4, -0.2) is 36.1 Å². The van der Waals surface area contributed by atoms with Crippen LogP contribution in [0.4, 0.5) is 0 Å². The van der Waals surface area contributed by atoms with Crippen molar-refractivity contribution >= 4 is 27.3 Å². The number of thiazole rings is 1. The Kier molecular flexibility index (Phi) is 5.06. The Bertz CT molecular complexity index is 582. The van der Waals surface area contributed by atoms with Gasteiger partial charge in [0.25, 0.3) is 0 Å². The highest BCUT2D eigenvalue weighted by Crippen LogP contribution is 2.29. The van der Waals surface area contributed by atoms with Gasteiger partial charge in [-0.2, -0.15) is 0 Å². The van der Waals surface area contributed by atoms with Crippen LogP contribution in [-0.2, 0) is 4.74 Å². The molecule has 0 spiro atoms. The van der Waals surface area contributed by atoms with E-state index < -0.39 is 0 Å². The van der Waals surface area contributed by atoms with Crippen molar-refractivity contribution < 1.29 is 4.74 Å². The maximum Gasteiger partial charge on any atom is 0.124 e. The first-order valence-electron chi connectivity index (χ1n) is 7.31. The van der Waals surface area contributed by atoms with Gasteiger partial charge in [-0.05, 0) is 25.1 Å². The first kappa shape index (κ1) is 15.2. The van der Waals surface area contributed by atoms with E-state index in [-0.39, 0.29) is 6.10 Å². The number of ether oxygens (including phenoxy) is 1. The first-order chi connectivity index (χ1) is 10.3. The molecule has 1 fully saturated rings. The molecule has 1 aliphatic heterocycles. The fourth-order valence-corrected chi connectivity index (χ4v) is 3.69. The van der Waals surface area contributed by atoms with Crippen LogP contribution in [0, 0.1) is 0 Å². The Balaban J connectivity index is 1.73. The van der Waals surface area contributed by atoms with Crippen LogP contribution < -0.4 is 0 Å². The van der Waals surface area contributed by atoms with E-state index in [0.29, 0.717) is 0 Å². The summed E-state index contributed by atoms with van der Waals surface area (Å²) in [4.78, 5) is 7.25. The Hall–Kier alpha value is -0.750. The van der Waals surface area contributed by atoms with Gasteiger partial charge in [0.15, 0.2) is 0 Å². The van der Waals surface area contributed by atoms with Crippen molar-refractivity contribution in [1.29, 1.82) is 0 Å². The summed E-state index contributed by atoms with van der Waals surface area (Å²) in [5.74, 6) is 0. The highest BCUT2D eigenvalue weighted by atomic mass is 79.9. The molecule has 0 radical (unpaired) electrons. The molecule has 0 amide bonds. The Morgan fingerprint density at radius 2 is 2.19 bits per heavy atom. The quantitative estimate of drug-likeness (QED) is 0.803. The van der Waals surface area contributed by atoms with Crippen LogP contribution in [0.15, 0.2) is 34.1 Å². The third-order valence-electron chi connectivity index (χ3n) is 3.63. The van der Waals surface area contributed by atoms with Crippen molar-refractivity contribution in [3.63, 3.8) is 0 Å². The molecular weight excluding hydrogens is 348 g/mol. The van der Waals surface area contributed by atoms with E-state index in [2.05, 4.69) is 57.4 Å². The lowest BCUT2D eigenvalue weighted by atomic mass is 10.2. The lowest BCUT2D eigenvalue weighted by molar-refractivity contribution is -0.0298. The molecule has 3 nitrogen and oxygen atoms in total. The van der Waals surface area contributed by atoms with Crippen molar-refractivity contribution in [2.75, 3.05) is 26.2 Å². The lowest BCUT2D eigenvalue weighted by Gasteiger charge is -2.31. The van der Waals surface area contributed by atoms with Crippen LogP contribution in [0.3, 0.4) is 0 Å². The lowest BCUT2D eigenvalue weighted by Crippen LogP contribution is -2.38. The number of morpholine rings is 1.